The Hall–Kier alpha value is -1.04. The number of esters is 1. The van der Waals surface area contributed by atoms with Crippen LogP contribution in [0.15, 0.2) is 5.16 Å². The van der Waals surface area contributed by atoms with Crippen molar-refractivity contribution in [3.63, 3.8) is 0 Å². The first-order chi connectivity index (χ1) is 9.76. The lowest BCUT2D eigenvalue weighted by molar-refractivity contribution is -0.140. The number of unbranched alkanes of at least 4 members (excludes halogenated alkanes) is 1. The molecule has 0 radical (unpaired) electrons. The summed E-state index contributed by atoms with van der Waals surface area (Å²) in [6.45, 7) is 3.09. The van der Waals surface area contributed by atoms with Crippen molar-refractivity contribution in [1.82, 2.24) is 14.8 Å². The topological polar surface area (TPSA) is 57.0 Å². The largest absolute Gasteiger partial charge is 0.468 e. The first kappa shape index (κ1) is 15.4. The van der Waals surface area contributed by atoms with Crippen molar-refractivity contribution < 1.29 is 9.53 Å². The van der Waals surface area contributed by atoms with Crippen LogP contribution in [0.3, 0.4) is 0 Å². The minimum absolute atomic E-state index is 0.158. The molecule has 2 heterocycles. The number of hydrogen-bond donors (Lipinski definition) is 0. The Morgan fingerprint density at radius 1 is 1.40 bits per heavy atom. The number of aryl methyl sites for hydroxylation is 1. The normalized spacial score (nSPS) is 16.3. The van der Waals surface area contributed by atoms with E-state index >= 15 is 0 Å². The van der Waals surface area contributed by atoms with Crippen molar-refractivity contribution in [2.45, 2.75) is 68.8 Å². The van der Waals surface area contributed by atoms with Crippen LogP contribution in [0.4, 0.5) is 0 Å². The Labute approximate surface area is 124 Å². The van der Waals surface area contributed by atoms with Crippen LogP contribution in [-0.2, 0) is 22.5 Å². The van der Waals surface area contributed by atoms with Gasteiger partial charge in [0.15, 0.2) is 5.16 Å². The lowest BCUT2D eigenvalue weighted by atomic mass is 10.2. The van der Waals surface area contributed by atoms with Gasteiger partial charge in [0.1, 0.15) is 11.1 Å². The van der Waals surface area contributed by atoms with E-state index in [4.69, 9.17) is 4.74 Å². The van der Waals surface area contributed by atoms with Gasteiger partial charge in [0, 0.05) is 13.0 Å². The van der Waals surface area contributed by atoms with Gasteiger partial charge >= 0.3 is 5.97 Å². The predicted molar refractivity (Wildman–Crippen MR) is 78.8 cm³/mol. The number of ether oxygens (including phenoxy) is 1. The first-order valence-electron chi connectivity index (χ1n) is 7.42. The smallest absolute Gasteiger partial charge is 0.319 e. The first-order valence-corrected chi connectivity index (χ1v) is 8.30. The highest BCUT2D eigenvalue weighted by atomic mass is 32.2. The molecule has 0 saturated heterocycles. The van der Waals surface area contributed by atoms with Crippen LogP contribution in [0, 0.1) is 0 Å². The average Bonchev–Trinajstić information content (AvgIpc) is 2.70. The van der Waals surface area contributed by atoms with Gasteiger partial charge in [-0.05, 0) is 19.3 Å². The number of methoxy groups -OCH3 is 1. The summed E-state index contributed by atoms with van der Waals surface area (Å²) in [5, 5.41) is 9.25. The summed E-state index contributed by atoms with van der Waals surface area (Å²) in [4.78, 5) is 11.9. The molecule has 1 unspecified atom stereocenters. The van der Waals surface area contributed by atoms with Gasteiger partial charge in [0.05, 0.1) is 7.11 Å². The number of nitrogens with zero attached hydrogens (tertiary/aromatic N) is 3. The fraction of sp³-hybridized carbons (Fsp3) is 0.786. The van der Waals surface area contributed by atoms with Gasteiger partial charge in [0.2, 0.25) is 0 Å². The second kappa shape index (κ2) is 7.67. The zero-order chi connectivity index (χ0) is 14.4. The zero-order valence-corrected chi connectivity index (χ0v) is 13.1. The van der Waals surface area contributed by atoms with E-state index in [0.717, 1.165) is 49.6 Å². The maximum absolute atomic E-state index is 11.9. The van der Waals surface area contributed by atoms with Crippen LogP contribution < -0.4 is 0 Å². The molecule has 20 heavy (non-hydrogen) atoms. The molecule has 1 aromatic rings. The Balaban J connectivity index is 2.09. The maximum Gasteiger partial charge on any atom is 0.319 e. The van der Waals surface area contributed by atoms with E-state index < -0.39 is 0 Å². The molecule has 0 aromatic carbocycles. The standard InChI is InChI=1S/C14H23N3O2S/c1-3-4-8-11(13(18)19-2)20-14-16-15-12-9-6-5-7-10-17(12)14/h11H,3-10H2,1-2H3. The molecule has 0 N–H and O–H groups in total. The quantitative estimate of drug-likeness (QED) is 0.597. The van der Waals surface area contributed by atoms with Gasteiger partial charge in [-0.2, -0.15) is 0 Å². The summed E-state index contributed by atoms with van der Waals surface area (Å²) in [7, 11) is 1.45. The number of carbonyl (C=O) groups is 1. The fourth-order valence-electron chi connectivity index (χ4n) is 2.42. The van der Waals surface area contributed by atoms with E-state index in [0.29, 0.717) is 0 Å². The van der Waals surface area contributed by atoms with Crippen LogP contribution in [0.5, 0.6) is 0 Å². The summed E-state index contributed by atoms with van der Waals surface area (Å²) >= 11 is 1.51. The van der Waals surface area contributed by atoms with Gasteiger partial charge in [-0.3, -0.25) is 4.79 Å². The Morgan fingerprint density at radius 2 is 2.25 bits per heavy atom. The summed E-state index contributed by atoms with van der Waals surface area (Å²) in [5.74, 6) is 0.901. The number of hydrogen-bond acceptors (Lipinski definition) is 5. The van der Waals surface area contributed by atoms with Crippen LogP contribution in [0.1, 0.15) is 51.3 Å². The lowest BCUT2D eigenvalue weighted by Gasteiger charge is -2.14. The third-order valence-electron chi connectivity index (χ3n) is 3.61. The second-order valence-electron chi connectivity index (χ2n) is 5.13. The van der Waals surface area contributed by atoms with E-state index in [1.54, 1.807) is 0 Å². The molecule has 1 aliphatic rings. The molecule has 1 aromatic heterocycles. The third kappa shape index (κ3) is 3.75. The lowest BCUT2D eigenvalue weighted by Crippen LogP contribution is -2.19. The molecule has 0 spiro atoms. The highest BCUT2D eigenvalue weighted by molar-refractivity contribution is 8.00. The Kier molecular flexibility index (Phi) is 5.88. The summed E-state index contributed by atoms with van der Waals surface area (Å²) in [6.07, 6.45) is 7.50. The van der Waals surface area contributed by atoms with Crippen LogP contribution >= 0.6 is 11.8 Å². The fourth-order valence-corrected chi connectivity index (χ4v) is 3.56. The predicted octanol–water partition coefficient (Wildman–Crippen LogP) is 2.83. The van der Waals surface area contributed by atoms with Gasteiger partial charge in [-0.15, -0.1) is 10.2 Å². The maximum atomic E-state index is 11.9. The number of carbonyl (C=O) groups excluding carboxylic acids is 1. The van der Waals surface area contributed by atoms with E-state index in [1.807, 2.05) is 0 Å². The molecule has 0 amide bonds. The molecule has 1 atom stereocenters. The molecule has 0 fully saturated rings. The number of rotatable bonds is 6. The molecule has 0 bridgehead atoms. The van der Waals surface area contributed by atoms with Gasteiger partial charge in [0.25, 0.3) is 0 Å². The van der Waals surface area contributed by atoms with Crippen molar-refractivity contribution in [2.75, 3.05) is 7.11 Å². The molecule has 5 nitrogen and oxygen atoms in total. The van der Waals surface area contributed by atoms with E-state index in [1.165, 1.54) is 31.7 Å². The number of thioether (sulfide) groups is 1. The van der Waals surface area contributed by atoms with Crippen LogP contribution in [0.25, 0.3) is 0 Å². The van der Waals surface area contributed by atoms with Gasteiger partial charge in [-0.1, -0.05) is 37.9 Å². The van der Waals surface area contributed by atoms with Crippen molar-refractivity contribution >= 4 is 17.7 Å². The average molecular weight is 297 g/mol. The van der Waals surface area contributed by atoms with Crippen molar-refractivity contribution in [2.24, 2.45) is 0 Å². The van der Waals surface area contributed by atoms with E-state index in [9.17, 15) is 4.79 Å². The monoisotopic (exact) mass is 297 g/mol. The summed E-state index contributed by atoms with van der Waals surface area (Å²) in [6, 6.07) is 0. The third-order valence-corrected chi connectivity index (χ3v) is 4.83. The molecule has 0 aliphatic carbocycles. The highest BCUT2D eigenvalue weighted by Gasteiger charge is 2.24. The number of aromatic nitrogens is 3. The van der Waals surface area contributed by atoms with Crippen molar-refractivity contribution in [1.29, 1.82) is 0 Å². The minimum Gasteiger partial charge on any atom is -0.468 e. The minimum atomic E-state index is -0.170. The molecular weight excluding hydrogens is 274 g/mol. The molecule has 6 heteroatoms. The summed E-state index contributed by atoms with van der Waals surface area (Å²) in [5.41, 5.74) is 0. The summed E-state index contributed by atoms with van der Waals surface area (Å²) < 4.78 is 7.09. The molecule has 0 saturated carbocycles. The van der Waals surface area contributed by atoms with Crippen molar-refractivity contribution in [3.05, 3.63) is 5.82 Å². The van der Waals surface area contributed by atoms with Crippen LogP contribution in [0.2, 0.25) is 0 Å². The van der Waals surface area contributed by atoms with E-state index in [2.05, 4.69) is 21.7 Å². The highest BCUT2D eigenvalue weighted by Crippen LogP contribution is 2.28. The van der Waals surface area contributed by atoms with Gasteiger partial charge < -0.3 is 9.30 Å². The Morgan fingerprint density at radius 3 is 3.00 bits per heavy atom. The number of fused-ring (bicyclic) bond motifs is 1. The second-order valence-corrected chi connectivity index (χ2v) is 6.30. The van der Waals surface area contributed by atoms with Crippen molar-refractivity contribution in [3.8, 4) is 0 Å². The molecule has 112 valence electrons. The van der Waals surface area contributed by atoms with E-state index in [-0.39, 0.29) is 11.2 Å². The molecule has 2 rings (SSSR count). The molecular formula is C14H23N3O2S. The molecule has 1 aliphatic heterocycles. The SMILES string of the molecule is CCCCC(Sc1nnc2n1CCCCC2)C(=O)OC. The van der Waals surface area contributed by atoms with Gasteiger partial charge in [-0.25, -0.2) is 0 Å². The Bertz CT molecular complexity index is 448. The zero-order valence-electron chi connectivity index (χ0n) is 12.3. The van der Waals surface area contributed by atoms with Crippen LogP contribution in [-0.4, -0.2) is 33.1 Å².